The second-order valence-corrected chi connectivity index (χ2v) is 9.36. The van der Waals surface area contributed by atoms with Crippen molar-refractivity contribution in [3.63, 3.8) is 0 Å². The molecule has 0 fully saturated rings. The number of hydrogen-bond donors (Lipinski definition) is 3. The Balaban J connectivity index is 0.00000361. The average Bonchev–Trinajstić information content (AvgIpc) is 2.89. The number of carbonyl (C=O) groups excluding carboxylic acids is 1. The van der Waals surface area contributed by atoms with Crippen LogP contribution in [0.2, 0.25) is 0 Å². The maximum atomic E-state index is 13.1. The minimum absolute atomic E-state index is 0. The smallest absolute Gasteiger partial charge is 0.319 e. The summed E-state index contributed by atoms with van der Waals surface area (Å²) in [6.45, 7) is 0.430. The Morgan fingerprint density at radius 1 is 0.778 bits per heavy atom. The predicted octanol–water partition coefficient (Wildman–Crippen LogP) is 5.05. The summed E-state index contributed by atoms with van der Waals surface area (Å²) in [5.41, 5.74) is 5.40. The lowest BCUT2D eigenvalue weighted by molar-refractivity contribution is 0.251. The predicted molar refractivity (Wildman–Crippen MR) is 149 cm³/mol. The van der Waals surface area contributed by atoms with Gasteiger partial charge in [-0.05, 0) is 59.2 Å². The molecule has 0 aliphatic carbocycles. The van der Waals surface area contributed by atoms with Gasteiger partial charge < -0.3 is 25.7 Å². The molecule has 8 heteroatoms. The number of hydrogen-bond acceptors (Lipinski definition) is 3. The van der Waals surface area contributed by atoms with E-state index in [0.29, 0.717) is 22.8 Å². The molecule has 7 nitrogen and oxygen atoms in total. The zero-order chi connectivity index (χ0) is 24.6. The summed E-state index contributed by atoms with van der Waals surface area (Å²) in [7, 11) is 2.53. The van der Waals surface area contributed by atoms with Crippen LogP contribution in [0.1, 0.15) is 5.56 Å². The molecule has 0 saturated heterocycles. The molecule has 0 aliphatic heterocycles. The molecule has 0 aromatic heterocycles. The van der Waals surface area contributed by atoms with Crippen LogP contribution in [0.3, 0.4) is 0 Å². The minimum Gasteiger partial charge on any atom is -0.412 e. The van der Waals surface area contributed by atoms with Crippen LogP contribution in [0.15, 0.2) is 108 Å². The van der Waals surface area contributed by atoms with E-state index in [-0.39, 0.29) is 11.5 Å². The Bertz CT molecular complexity index is 1290. The van der Waals surface area contributed by atoms with Crippen molar-refractivity contribution < 1.29 is 14.5 Å². The molecule has 1 unspecified atom stereocenters. The molecule has 4 aromatic carbocycles. The van der Waals surface area contributed by atoms with Crippen LogP contribution in [0.5, 0.6) is 0 Å². The molecule has 5 N–H and O–H groups in total. The number of rotatable bonds is 8. The summed E-state index contributed by atoms with van der Waals surface area (Å²) >= 11 is 0. The summed E-state index contributed by atoms with van der Waals surface area (Å²) in [6.07, 6.45) is 0. The van der Waals surface area contributed by atoms with Gasteiger partial charge in [0.2, 0.25) is 0 Å². The van der Waals surface area contributed by atoms with Crippen molar-refractivity contribution in [2.24, 2.45) is 0 Å². The van der Waals surface area contributed by atoms with Gasteiger partial charge in [0, 0.05) is 37.7 Å². The second kappa shape index (κ2) is 12.5. The number of carbonyl (C=O) groups is 1. The van der Waals surface area contributed by atoms with Crippen molar-refractivity contribution in [1.29, 1.82) is 0 Å². The molecule has 1 atom stereocenters. The first-order valence-electron chi connectivity index (χ1n) is 11.2. The fourth-order valence-electron chi connectivity index (χ4n) is 3.54. The number of anilines is 3. The van der Waals surface area contributed by atoms with E-state index in [1.54, 1.807) is 24.3 Å². The van der Waals surface area contributed by atoms with Crippen LogP contribution in [0.25, 0.3) is 11.1 Å². The fourth-order valence-corrected chi connectivity index (χ4v) is 4.59. The van der Waals surface area contributed by atoms with E-state index < -0.39 is 11.0 Å². The first kappa shape index (κ1) is 26.5. The highest BCUT2D eigenvalue weighted by Crippen LogP contribution is 2.27. The van der Waals surface area contributed by atoms with Crippen molar-refractivity contribution in [2.45, 2.75) is 11.4 Å². The Kier molecular flexibility index (Phi) is 9.21. The van der Waals surface area contributed by atoms with Gasteiger partial charge in [-0.3, -0.25) is 0 Å². The zero-order valence-electron chi connectivity index (χ0n) is 20.2. The zero-order valence-corrected chi connectivity index (χ0v) is 21.0. The molecule has 186 valence electrons. The number of nitrogens with zero attached hydrogens (tertiary/aromatic N) is 1. The highest BCUT2D eigenvalue weighted by molar-refractivity contribution is 7.86. The molecule has 0 bridgehead atoms. The first-order chi connectivity index (χ1) is 17.0. The van der Waals surface area contributed by atoms with E-state index in [9.17, 15) is 9.00 Å². The monoisotopic (exact) mass is 502 g/mol. The molecule has 0 saturated carbocycles. The molecular formula is C28H30N4O3S. The first-order valence-corrected chi connectivity index (χ1v) is 12.4. The largest absolute Gasteiger partial charge is 0.412 e. The topological polar surface area (TPSA) is 105 Å². The SMILES string of the molecule is CN(C)c1ccc(CNC(=O)Nc2ccc(NS(=O)c3ccccc3-c3ccccc3)cc2)cc1.O. The third kappa shape index (κ3) is 6.94. The van der Waals surface area contributed by atoms with Gasteiger partial charge in [-0.25, -0.2) is 9.00 Å². The van der Waals surface area contributed by atoms with Crippen LogP contribution in [-0.4, -0.2) is 29.8 Å². The molecule has 2 amide bonds. The van der Waals surface area contributed by atoms with Gasteiger partial charge in [-0.2, -0.15) is 0 Å². The van der Waals surface area contributed by atoms with Crippen molar-refractivity contribution in [1.82, 2.24) is 5.32 Å². The number of benzene rings is 4. The highest BCUT2D eigenvalue weighted by Gasteiger charge is 2.11. The Morgan fingerprint density at radius 3 is 2.06 bits per heavy atom. The summed E-state index contributed by atoms with van der Waals surface area (Å²) < 4.78 is 16.1. The van der Waals surface area contributed by atoms with E-state index in [2.05, 4.69) is 15.4 Å². The molecule has 0 radical (unpaired) electrons. The van der Waals surface area contributed by atoms with Crippen LogP contribution >= 0.6 is 0 Å². The summed E-state index contributed by atoms with van der Waals surface area (Å²) in [4.78, 5) is 15.0. The van der Waals surface area contributed by atoms with Gasteiger partial charge in [-0.15, -0.1) is 0 Å². The minimum atomic E-state index is -1.45. The number of urea groups is 1. The standard InChI is InChI=1S/C28H28N4O2S.H2O/c1-32(2)25-18-12-21(13-19-25)20-29-28(33)30-23-14-16-24(17-15-23)31-35(34)27-11-7-6-10-26(27)22-8-4-3-5-9-22;/h3-19,31H,20H2,1-2H3,(H2,29,30,33);1H2. The Labute approximate surface area is 214 Å². The molecule has 4 aromatic rings. The van der Waals surface area contributed by atoms with E-state index >= 15 is 0 Å². The van der Waals surface area contributed by atoms with Gasteiger partial charge in [0.05, 0.1) is 4.90 Å². The maximum Gasteiger partial charge on any atom is 0.319 e. The Hall–Kier alpha value is -4.14. The van der Waals surface area contributed by atoms with E-state index in [1.165, 1.54) is 0 Å². The number of nitrogens with one attached hydrogen (secondary N) is 3. The van der Waals surface area contributed by atoms with E-state index in [0.717, 1.165) is 22.4 Å². The second-order valence-electron chi connectivity index (χ2n) is 8.18. The summed E-state index contributed by atoms with van der Waals surface area (Å²) in [5.74, 6) is 0. The van der Waals surface area contributed by atoms with Crippen molar-refractivity contribution in [3.05, 3.63) is 109 Å². The normalized spacial score (nSPS) is 11.1. The Morgan fingerprint density at radius 2 is 1.39 bits per heavy atom. The fraction of sp³-hybridized carbons (Fsp3) is 0.107. The van der Waals surface area contributed by atoms with Gasteiger partial charge >= 0.3 is 6.03 Å². The lowest BCUT2D eigenvalue weighted by Gasteiger charge is -2.13. The lowest BCUT2D eigenvalue weighted by atomic mass is 10.1. The molecule has 0 heterocycles. The van der Waals surface area contributed by atoms with Crippen molar-refractivity contribution in [3.8, 4) is 11.1 Å². The van der Waals surface area contributed by atoms with Crippen LogP contribution < -0.4 is 20.3 Å². The molecular weight excluding hydrogens is 472 g/mol. The van der Waals surface area contributed by atoms with Gasteiger partial charge in [0.1, 0.15) is 0 Å². The average molecular weight is 503 g/mol. The van der Waals surface area contributed by atoms with Gasteiger partial charge in [-0.1, -0.05) is 60.7 Å². The molecule has 4 rings (SSSR count). The van der Waals surface area contributed by atoms with Crippen LogP contribution in [0.4, 0.5) is 21.9 Å². The number of amides is 2. The van der Waals surface area contributed by atoms with E-state index in [4.69, 9.17) is 0 Å². The van der Waals surface area contributed by atoms with Crippen molar-refractivity contribution in [2.75, 3.05) is 29.0 Å². The quantitative estimate of drug-likeness (QED) is 0.314. The molecule has 0 spiro atoms. The summed E-state index contributed by atoms with van der Waals surface area (Å²) in [5, 5.41) is 5.68. The lowest BCUT2D eigenvalue weighted by Crippen LogP contribution is -2.28. The molecule has 0 aliphatic rings. The third-order valence-electron chi connectivity index (χ3n) is 5.43. The van der Waals surface area contributed by atoms with Gasteiger partial charge in [0.25, 0.3) is 0 Å². The van der Waals surface area contributed by atoms with Crippen molar-refractivity contribution >= 4 is 34.1 Å². The van der Waals surface area contributed by atoms with Crippen LogP contribution in [-0.2, 0) is 17.5 Å². The van der Waals surface area contributed by atoms with Crippen LogP contribution in [0, 0.1) is 0 Å². The summed E-state index contributed by atoms with van der Waals surface area (Å²) in [6, 6.07) is 32.4. The highest BCUT2D eigenvalue weighted by atomic mass is 32.2. The van der Waals surface area contributed by atoms with Gasteiger partial charge in [0.15, 0.2) is 11.0 Å². The molecule has 36 heavy (non-hydrogen) atoms. The van der Waals surface area contributed by atoms with E-state index in [1.807, 2.05) is 97.9 Å². The third-order valence-corrected chi connectivity index (χ3v) is 6.61. The maximum absolute atomic E-state index is 13.1.